The molecule has 3 fully saturated rings. The van der Waals surface area contributed by atoms with Crippen LogP contribution in [0.25, 0.3) is 0 Å². The molecular formula is C27H42F2O3. The standard InChI is InChI=1S/C27H42F2O3/c1-17(12-14-27(28,29)25(3,4)32)22-10-11-23-19(7-6-13-26(22,23)5)8-9-20-15-21(30)16-24(31)18(20)2/h8-9,17,21-24,30-32H,2,6-7,10-16H2,1,3-5H3/b19-8?,20-9-/t17-,21-,22-,23?,24+,26-/m1/s1. The van der Waals surface area contributed by atoms with Gasteiger partial charge >= 0.3 is 0 Å². The third-order valence-electron chi connectivity index (χ3n) is 8.80. The summed E-state index contributed by atoms with van der Waals surface area (Å²) in [4.78, 5) is 0. The van der Waals surface area contributed by atoms with E-state index < -0.39 is 23.7 Å². The van der Waals surface area contributed by atoms with E-state index in [1.807, 2.05) is 6.08 Å². The van der Waals surface area contributed by atoms with E-state index in [9.17, 15) is 24.1 Å². The summed E-state index contributed by atoms with van der Waals surface area (Å²) in [6, 6.07) is 0. The van der Waals surface area contributed by atoms with E-state index >= 15 is 0 Å². The fraction of sp³-hybridized carbons (Fsp3) is 0.778. The predicted molar refractivity (Wildman–Crippen MR) is 124 cm³/mol. The number of hydrogen-bond donors (Lipinski definition) is 3. The van der Waals surface area contributed by atoms with Crippen LogP contribution in [0.5, 0.6) is 0 Å². The summed E-state index contributed by atoms with van der Waals surface area (Å²) in [5.74, 6) is -2.06. The molecule has 0 aliphatic heterocycles. The minimum absolute atomic E-state index is 0.106. The first-order valence-corrected chi connectivity index (χ1v) is 12.3. The summed E-state index contributed by atoms with van der Waals surface area (Å²) in [5.41, 5.74) is 1.15. The van der Waals surface area contributed by atoms with E-state index in [1.54, 1.807) is 0 Å². The Morgan fingerprint density at radius 2 is 1.91 bits per heavy atom. The molecule has 0 spiro atoms. The lowest BCUT2D eigenvalue weighted by Crippen LogP contribution is -2.43. The number of fused-ring (bicyclic) bond motifs is 1. The first-order valence-electron chi connectivity index (χ1n) is 12.3. The molecule has 3 aliphatic rings. The first-order chi connectivity index (χ1) is 14.8. The van der Waals surface area contributed by atoms with Gasteiger partial charge in [0.05, 0.1) is 12.2 Å². The number of rotatable bonds is 6. The van der Waals surface area contributed by atoms with Crippen molar-refractivity contribution in [3.05, 3.63) is 35.5 Å². The highest BCUT2D eigenvalue weighted by atomic mass is 19.3. The molecule has 0 bridgehead atoms. The van der Waals surface area contributed by atoms with Crippen LogP contribution in [0.4, 0.5) is 8.78 Å². The average molecular weight is 453 g/mol. The van der Waals surface area contributed by atoms with Gasteiger partial charge in [0.25, 0.3) is 5.92 Å². The average Bonchev–Trinajstić information content (AvgIpc) is 3.04. The second-order valence-electron chi connectivity index (χ2n) is 11.4. The monoisotopic (exact) mass is 452 g/mol. The maximum Gasteiger partial charge on any atom is 0.275 e. The van der Waals surface area contributed by atoms with E-state index in [0.29, 0.717) is 36.7 Å². The van der Waals surface area contributed by atoms with Crippen molar-refractivity contribution in [1.82, 2.24) is 0 Å². The second kappa shape index (κ2) is 9.31. The summed E-state index contributed by atoms with van der Waals surface area (Å²) in [6.45, 7) is 10.8. The smallest absolute Gasteiger partial charge is 0.275 e. The number of aliphatic hydroxyl groups is 3. The fourth-order valence-corrected chi connectivity index (χ4v) is 6.60. The Morgan fingerprint density at radius 1 is 1.22 bits per heavy atom. The van der Waals surface area contributed by atoms with Gasteiger partial charge < -0.3 is 15.3 Å². The Labute approximate surface area is 192 Å². The van der Waals surface area contributed by atoms with Gasteiger partial charge in [-0.1, -0.05) is 38.2 Å². The van der Waals surface area contributed by atoms with E-state index in [4.69, 9.17) is 0 Å². The number of alkyl halides is 2. The van der Waals surface area contributed by atoms with Gasteiger partial charge in [0.15, 0.2) is 0 Å². The molecule has 3 aliphatic carbocycles. The van der Waals surface area contributed by atoms with Crippen molar-refractivity contribution in [3.8, 4) is 0 Å². The van der Waals surface area contributed by atoms with Gasteiger partial charge in [0.2, 0.25) is 0 Å². The zero-order valence-electron chi connectivity index (χ0n) is 20.2. The number of hydrogen-bond acceptors (Lipinski definition) is 3. The van der Waals surface area contributed by atoms with Crippen molar-refractivity contribution < 1.29 is 24.1 Å². The minimum atomic E-state index is -3.08. The molecule has 0 radical (unpaired) electrons. The molecule has 5 heteroatoms. The Kier molecular flexibility index (Phi) is 7.44. The SMILES string of the molecule is C=C1/C(=C\C=C2CCC[C@@]3(C)C2CC[C@@H]3[C@H](C)CCC(F)(F)C(C)(C)O)C[C@@H](O)C[C@@H]1O. The number of allylic oxidation sites excluding steroid dienone is 3. The van der Waals surface area contributed by atoms with Gasteiger partial charge in [-0.15, -0.1) is 0 Å². The summed E-state index contributed by atoms with van der Waals surface area (Å²) in [5, 5.41) is 29.9. The Balaban J connectivity index is 1.73. The molecule has 1 unspecified atom stereocenters. The molecule has 6 atom stereocenters. The zero-order chi connectivity index (χ0) is 23.9. The van der Waals surface area contributed by atoms with E-state index in [1.165, 1.54) is 19.4 Å². The molecule has 32 heavy (non-hydrogen) atoms. The highest BCUT2D eigenvalue weighted by Crippen LogP contribution is 2.60. The van der Waals surface area contributed by atoms with Gasteiger partial charge in [-0.05, 0) is 93.1 Å². The molecule has 0 saturated heterocycles. The highest BCUT2D eigenvalue weighted by molar-refractivity contribution is 5.38. The Morgan fingerprint density at radius 3 is 2.56 bits per heavy atom. The predicted octanol–water partition coefficient (Wildman–Crippen LogP) is 5.95. The fourth-order valence-electron chi connectivity index (χ4n) is 6.60. The molecular weight excluding hydrogens is 410 g/mol. The molecule has 0 heterocycles. The highest BCUT2D eigenvalue weighted by Gasteiger charge is 2.51. The molecule has 3 N–H and O–H groups in total. The first kappa shape index (κ1) is 25.6. The van der Waals surface area contributed by atoms with Crippen molar-refractivity contribution in [3.63, 3.8) is 0 Å². The van der Waals surface area contributed by atoms with Gasteiger partial charge in [0, 0.05) is 12.8 Å². The Hall–Kier alpha value is -1.04. The third-order valence-corrected chi connectivity index (χ3v) is 8.80. The van der Waals surface area contributed by atoms with Crippen LogP contribution < -0.4 is 0 Å². The molecule has 182 valence electrons. The van der Waals surface area contributed by atoms with Crippen molar-refractivity contribution >= 4 is 0 Å². The lowest BCUT2D eigenvalue weighted by Gasteiger charge is -2.44. The van der Waals surface area contributed by atoms with Gasteiger partial charge in [0.1, 0.15) is 5.60 Å². The van der Waals surface area contributed by atoms with E-state index in [-0.39, 0.29) is 17.8 Å². The van der Waals surface area contributed by atoms with Gasteiger partial charge in [-0.3, -0.25) is 0 Å². The van der Waals surface area contributed by atoms with Gasteiger partial charge in [-0.2, -0.15) is 0 Å². The molecule has 3 nitrogen and oxygen atoms in total. The maximum absolute atomic E-state index is 14.3. The van der Waals surface area contributed by atoms with Crippen molar-refractivity contribution in [2.24, 2.45) is 23.2 Å². The van der Waals surface area contributed by atoms with Crippen LogP contribution in [0.15, 0.2) is 35.5 Å². The summed E-state index contributed by atoms with van der Waals surface area (Å²) >= 11 is 0. The van der Waals surface area contributed by atoms with Crippen LogP contribution in [0.1, 0.15) is 85.5 Å². The number of halogens is 2. The molecule has 3 rings (SSSR count). The Bertz CT molecular complexity index is 763. The van der Waals surface area contributed by atoms with Crippen molar-refractivity contribution in [2.75, 3.05) is 0 Å². The van der Waals surface area contributed by atoms with Crippen LogP contribution in [0, 0.1) is 23.2 Å². The molecule has 0 aromatic heterocycles. The minimum Gasteiger partial charge on any atom is -0.393 e. The molecule has 3 saturated carbocycles. The quantitative estimate of drug-likeness (QED) is 0.467. The molecule has 0 aromatic carbocycles. The van der Waals surface area contributed by atoms with E-state index in [2.05, 4.69) is 26.5 Å². The van der Waals surface area contributed by atoms with Crippen molar-refractivity contribution in [1.29, 1.82) is 0 Å². The van der Waals surface area contributed by atoms with Crippen LogP contribution >= 0.6 is 0 Å². The van der Waals surface area contributed by atoms with Crippen LogP contribution in [-0.2, 0) is 0 Å². The molecule has 0 aromatic rings. The topological polar surface area (TPSA) is 60.7 Å². The summed E-state index contributed by atoms with van der Waals surface area (Å²) in [7, 11) is 0. The lowest BCUT2D eigenvalue weighted by atomic mass is 9.60. The zero-order valence-corrected chi connectivity index (χ0v) is 20.2. The largest absolute Gasteiger partial charge is 0.393 e. The maximum atomic E-state index is 14.3. The number of aliphatic hydroxyl groups excluding tert-OH is 2. The second-order valence-corrected chi connectivity index (χ2v) is 11.4. The summed E-state index contributed by atoms with van der Waals surface area (Å²) in [6.07, 6.45) is 9.40. The lowest BCUT2D eigenvalue weighted by molar-refractivity contribution is -0.168. The summed E-state index contributed by atoms with van der Waals surface area (Å²) < 4.78 is 28.6. The van der Waals surface area contributed by atoms with Crippen molar-refractivity contribution in [2.45, 2.75) is 109 Å². The van der Waals surface area contributed by atoms with Gasteiger partial charge in [-0.25, -0.2) is 8.78 Å². The normalized spacial score (nSPS) is 37.7. The van der Waals surface area contributed by atoms with Crippen LogP contribution in [0.2, 0.25) is 0 Å². The molecule has 0 amide bonds. The van der Waals surface area contributed by atoms with Crippen LogP contribution in [-0.4, -0.2) is 39.1 Å². The van der Waals surface area contributed by atoms with Crippen LogP contribution in [0.3, 0.4) is 0 Å². The third kappa shape index (κ3) is 5.05. The van der Waals surface area contributed by atoms with E-state index in [0.717, 1.165) is 37.7 Å².